The summed E-state index contributed by atoms with van der Waals surface area (Å²) in [6, 6.07) is 7.94. The first-order chi connectivity index (χ1) is 11.8. The van der Waals surface area contributed by atoms with E-state index in [-0.39, 0.29) is 9.90 Å². The van der Waals surface area contributed by atoms with Crippen molar-refractivity contribution in [3.8, 4) is 16.4 Å². The molecule has 0 fully saturated rings. The van der Waals surface area contributed by atoms with Gasteiger partial charge in [0.05, 0.1) is 23.4 Å². The third-order valence-corrected chi connectivity index (χ3v) is 6.81. The number of nitrogens with zero attached hydrogens (tertiary/aromatic N) is 1. The van der Waals surface area contributed by atoms with Gasteiger partial charge < -0.3 is 9.26 Å². The minimum atomic E-state index is -3.79. The molecule has 9 heteroatoms. The van der Waals surface area contributed by atoms with E-state index in [1.165, 1.54) is 19.2 Å². The maximum absolute atomic E-state index is 12.7. The fourth-order valence-electron chi connectivity index (χ4n) is 2.19. The average molecular weight is 399 g/mol. The Kier molecular flexibility index (Phi) is 4.77. The van der Waals surface area contributed by atoms with Crippen LogP contribution in [0.3, 0.4) is 0 Å². The molecular weight excluding hydrogens is 384 g/mol. The average Bonchev–Trinajstić information content (AvgIpc) is 3.16. The molecule has 2 aromatic heterocycles. The van der Waals surface area contributed by atoms with Gasteiger partial charge in [-0.05, 0) is 44.2 Å². The number of rotatable bonds is 5. The number of aryl methyl sites for hydroxylation is 1. The van der Waals surface area contributed by atoms with Crippen LogP contribution in [-0.2, 0) is 10.0 Å². The number of methoxy groups -OCH3 is 1. The molecule has 0 saturated heterocycles. The zero-order chi connectivity index (χ0) is 18.2. The topological polar surface area (TPSA) is 81.4 Å². The van der Waals surface area contributed by atoms with Crippen molar-refractivity contribution in [2.45, 2.75) is 18.1 Å². The molecule has 6 nitrogen and oxygen atoms in total. The molecular formula is C16H15ClN2O4S2. The van der Waals surface area contributed by atoms with Crippen molar-refractivity contribution in [1.82, 2.24) is 5.16 Å². The van der Waals surface area contributed by atoms with Gasteiger partial charge in [-0.25, -0.2) is 8.42 Å². The highest BCUT2D eigenvalue weighted by molar-refractivity contribution is 7.94. The summed E-state index contributed by atoms with van der Waals surface area (Å²) in [5, 5.41) is 4.30. The molecule has 0 amide bonds. The summed E-state index contributed by atoms with van der Waals surface area (Å²) in [7, 11) is -2.33. The highest BCUT2D eigenvalue weighted by atomic mass is 35.5. The number of hydrogen-bond donors (Lipinski definition) is 1. The van der Waals surface area contributed by atoms with E-state index in [0.717, 1.165) is 22.6 Å². The van der Waals surface area contributed by atoms with Crippen LogP contribution in [-0.4, -0.2) is 20.7 Å². The van der Waals surface area contributed by atoms with E-state index in [1.807, 2.05) is 13.8 Å². The van der Waals surface area contributed by atoms with Gasteiger partial charge in [0.25, 0.3) is 10.0 Å². The predicted molar refractivity (Wildman–Crippen MR) is 98.1 cm³/mol. The van der Waals surface area contributed by atoms with Gasteiger partial charge in [-0.2, -0.15) is 0 Å². The summed E-state index contributed by atoms with van der Waals surface area (Å²) in [6.07, 6.45) is 0. The lowest BCUT2D eigenvalue weighted by Crippen LogP contribution is -2.12. The molecule has 3 rings (SSSR count). The highest BCUT2D eigenvalue weighted by Crippen LogP contribution is 2.35. The fraction of sp³-hybridized carbons (Fsp3) is 0.188. The number of hydrogen-bond acceptors (Lipinski definition) is 6. The number of aromatic nitrogens is 1. The van der Waals surface area contributed by atoms with Crippen molar-refractivity contribution in [3.63, 3.8) is 0 Å². The van der Waals surface area contributed by atoms with Crippen molar-refractivity contribution in [2.24, 2.45) is 0 Å². The normalized spacial score (nSPS) is 11.5. The number of thiophene rings is 1. The summed E-state index contributed by atoms with van der Waals surface area (Å²) in [4.78, 5) is 0.691. The van der Waals surface area contributed by atoms with E-state index in [0.29, 0.717) is 21.4 Å². The quantitative estimate of drug-likeness (QED) is 0.685. The van der Waals surface area contributed by atoms with Crippen molar-refractivity contribution < 1.29 is 17.7 Å². The molecule has 132 valence electrons. The monoisotopic (exact) mass is 398 g/mol. The van der Waals surface area contributed by atoms with Gasteiger partial charge in [0.15, 0.2) is 5.76 Å². The van der Waals surface area contributed by atoms with Crippen LogP contribution in [0.1, 0.15) is 11.3 Å². The number of anilines is 1. The molecule has 25 heavy (non-hydrogen) atoms. The molecule has 0 spiro atoms. The maximum atomic E-state index is 12.7. The van der Waals surface area contributed by atoms with Gasteiger partial charge in [-0.1, -0.05) is 16.8 Å². The molecule has 0 aliphatic rings. The first kappa shape index (κ1) is 17.8. The lowest BCUT2D eigenvalue weighted by Gasteiger charge is -2.11. The lowest BCUT2D eigenvalue weighted by atomic mass is 10.2. The molecule has 1 N–H and O–H groups in total. The first-order valence-electron chi connectivity index (χ1n) is 7.21. The third kappa shape index (κ3) is 3.51. The largest absolute Gasteiger partial charge is 0.495 e. The predicted octanol–water partition coefficient (Wildman–Crippen LogP) is 4.48. The van der Waals surface area contributed by atoms with Crippen LogP contribution in [0.5, 0.6) is 5.75 Å². The van der Waals surface area contributed by atoms with E-state index < -0.39 is 10.0 Å². The summed E-state index contributed by atoms with van der Waals surface area (Å²) >= 11 is 7.04. The van der Waals surface area contributed by atoms with Gasteiger partial charge in [-0.15, -0.1) is 11.3 Å². The van der Waals surface area contributed by atoms with Crippen LogP contribution in [0.15, 0.2) is 39.1 Å². The molecule has 0 aliphatic carbocycles. The zero-order valence-electron chi connectivity index (χ0n) is 13.7. The first-order valence-corrected chi connectivity index (χ1v) is 9.89. The third-order valence-electron chi connectivity index (χ3n) is 3.63. The van der Waals surface area contributed by atoms with Gasteiger partial charge in [0.1, 0.15) is 9.96 Å². The molecule has 0 atom stereocenters. The Hall–Kier alpha value is -2.03. The zero-order valence-corrected chi connectivity index (χ0v) is 16.1. The van der Waals surface area contributed by atoms with E-state index in [1.54, 1.807) is 18.2 Å². The SMILES string of the molecule is COc1ccc(Cl)cc1NS(=O)(=O)c1ccc(-c2onc(C)c2C)s1. The van der Waals surface area contributed by atoms with E-state index in [9.17, 15) is 8.42 Å². The van der Waals surface area contributed by atoms with Crippen LogP contribution in [0.4, 0.5) is 5.69 Å². The molecule has 0 bridgehead atoms. The fourth-order valence-corrected chi connectivity index (χ4v) is 4.76. The van der Waals surface area contributed by atoms with Gasteiger partial charge in [0.2, 0.25) is 0 Å². The Labute approximate surface area is 154 Å². The number of ether oxygens (including phenoxy) is 1. The van der Waals surface area contributed by atoms with Crippen molar-refractivity contribution >= 4 is 38.6 Å². The minimum Gasteiger partial charge on any atom is -0.495 e. The smallest absolute Gasteiger partial charge is 0.271 e. The van der Waals surface area contributed by atoms with E-state index >= 15 is 0 Å². The van der Waals surface area contributed by atoms with E-state index in [4.69, 9.17) is 20.9 Å². The van der Waals surface area contributed by atoms with Crippen LogP contribution < -0.4 is 9.46 Å². The lowest BCUT2D eigenvalue weighted by molar-refractivity contribution is 0.417. The second-order valence-electron chi connectivity index (χ2n) is 5.29. The number of benzene rings is 1. The van der Waals surface area contributed by atoms with Crippen LogP contribution in [0.25, 0.3) is 10.6 Å². The summed E-state index contributed by atoms with van der Waals surface area (Å²) in [6.45, 7) is 3.71. The number of nitrogens with one attached hydrogen (secondary N) is 1. The maximum Gasteiger partial charge on any atom is 0.271 e. The van der Waals surface area contributed by atoms with Crippen LogP contribution in [0, 0.1) is 13.8 Å². The molecule has 0 aliphatic heterocycles. The molecule has 1 aromatic carbocycles. The Morgan fingerprint density at radius 3 is 2.64 bits per heavy atom. The summed E-state index contributed by atoms with van der Waals surface area (Å²) in [5.74, 6) is 0.954. The summed E-state index contributed by atoms with van der Waals surface area (Å²) < 4.78 is 38.5. The van der Waals surface area contributed by atoms with Gasteiger partial charge >= 0.3 is 0 Å². The molecule has 2 heterocycles. The molecule has 3 aromatic rings. The molecule has 0 unspecified atom stereocenters. The van der Waals surface area contributed by atoms with Gasteiger partial charge in [-0.3, -0.25) is 4.72 Å². The standard InChI is InChI=1S/C16H15ClN2O4S2/c1-9-10(2)18-23-16(9)14-6-7-15(24-14)25(20,21)19-12-8-11(17)4-5-13(12)22-3/h4-8,19H,1-3H3. The van der Waals surface area contributed by atoms with E-state index in [2.05, 4.69) is 9.88 Å². The van der Waals surface area contributed by atoms with Crippen LogP contribution >= 0.6 is 22.9 Å². The summed E-state index contributed by atoms with van der Waals surface area (Å²) in [5.41, 5.74) is 1.93. The molecule has 0 saturated carbocycles. The highest BCUT2D eigenvalue weighted by Gasteiger charge is 2.21. The Bertz CT molecular complexity index is 1020. The second-order valence-corrected chi connectivity index (χ2v) is 8.72. The Balaban J connectivity index is 1.94. The van der Waals surface area contributed by atoms with Crippen LogP contribution in [0.2, 0.25) is 5.02 Å². The molecule has 0 radical (unpaired) electrons. The minimum absolute atomic E-state index is 0.151. The van der Waals surface area contributed by atoms with Crippen molar-refractivity contribution in [2.75, 3.05) is 11.8 Å². The second kappa shape index (κ2) is 6.70. The van der Waals surface area contributed by atoms with Gasteiger partial charge in [0, 0.05) is 10.6 Å². The Morgan fingerprint density at radius 2 is 2.00 bits per heavy atom. The Morgan fingerprint density at radius 1 is 1.24 bits per heavy atom. The number of sulfonamides is 1. The van der Waals surface area contributed by atoms with Crippen molar-refractivity contribution in [3.05, 3.63) is 46.6 Å². The number of halogens is 1. The van der Waals surface area contributed by atoms with Crippen molar-refractivity contribution in [1.29, 1.82) is 0 Å².